The first-order valence-corrected chi connectivity index (χ1v) is 10.3. The van der Waals surface area contributed by atoms with E-state index in [-0.39, 0.29) is 11.3 Å². The van der Waals surface area contributed by atoms with Crippen molar-refractivity contribution >= 4 is 5.97 Å². The average Bonchev–Trinajstić information content (AvgIpc) is 3.29. The maximum Gasteiger partial charge on any atom is 0.308 e. The van der Waals surface area contributed by atoms with Crippen molar-refractivity contribution < 1.29 is 9.90 Å². The van der Waals surface area contributed by atoms with E-state index in [9.17, 15) is 9.90 Å². The lowest BCUT2D eigenvalue weighted by atomic mass is 9.71. The minimum atomic E-state index is -0.634. The number of hydrogen-bond donors (Lipinski definition) is 1. The average molecular weight is 383 g/mol. The van der Waals surface area contributed by atoms with Crippen LogP contribution in [0.2, 0.25) is 0 Å². The number of carbonyl (C=O) groups is 1. The van der Waals surface area contributed by atoms with E-state index < -0.39 is 5.97 Å². The molecule has 1 N–H and O–H groups in total. The minimum absolute atomic E-state index is 0.0999. The van der Waals surface area contributed by atoms with Crippen LogP contribution in [0.25, 0.3) is 0 Å². The summed E-state index contributed by atoms with van der Waals surface area (Å²) in [6, 6.07) is 10.4. The topological polar surface area (TPSA) is 61.6 Å². The number of nitrogens with zero attached hydrogens (tertiary/aromatic N) is 4. The van der Waals surface area contributed by atoms with E-state index in [1.807, 2.05) is 18.5 Å². The van der Waals surface area contributed by atoms with Crippen LogP contribution in [0.3, 0.4) is 0 Å². The van der Waals surface area contributed by atoms with Crippen LogP contribution < -0.4 is 0 Å². The van der Waals surface area contributed by atoms with E-state index in [1.165, 1.54) is 5.56 Å². The molecule has 1 unspecified atom stereocenters. The summed E-state index contributed by atoms with van der Waals surface area (Å²) in [6.45, 7) is 8.18. The molecule has 0 bridgehead atoms. The van der Waals surface area contributed by atoms with Crippen molar-refractivity contribution in [3.63, 3.8) is 0 Å². The van der Waals surface area contributed by atoms with Gasteiger partial charge in [-0.15, -0.1) is 0 Å². The summed E-state index contributed by atoms with van der Waals surface area (Å²) in [6.07, 6.45) is 5.78. The van der Waals surface area contributed by atoms with E-state index in [4.69, 9.17) is 0 Å². The summed E-state index contributed by atoms with van der Waals surface area (Å²) < 4.78 is 2.18. The van der Waals surface area contributed by atoms with Crippen LogP contribution in [-0.2, 0) is 24.4 Å². The third kappa shape index (κ3) is 3.84. The van der Waals surface area contributed by atoms with Crippen LogP contribution in [0.1, 0.15) is 31.2 Å². The van der Waals surface area contributed by atoms with Gasteiger partial charge in [-0.25, -0.2) is 4.98 Å². The summed E-state index contributed by atoms with van der Waals surface area (Å²) >= 11 is 0. The predicted octanol–water partition coefficient (Wildman–Crippen LogP) is 2.70. The first-order valence-electron chi connectivity index (χ1n) is 10.3. The zero-order valence-electron chi connectivity index (χ0n) is 16.6. The quantitative estimate of drug-likeness (QED) is 0.832. The third-order valence-electron chi connectivity index (χ3n) is 6.62. The van der Waals surface area contributed by atoms with Gasteiger partial charge in [0, 0.05) is 44.0 Å². The third-order valence-corrected chi connectivity index (χ3v) is 6.62. The Labute approximate surface area is 166 Å². The highest BCUT2D eigenvalue weighted by Gasteiger charge is 2.51. The number of benzene rings is 1. The first kappa shape index (κ1) is 19.2. The van der Waals surface area contributed by atoms with Gasteiger partial charge in [0.15, 0.2) is 0 Å². The van der Waals surface area contributed by atoms with Crippen molar-refractivity contribution in [2.75, 3.05) is 26.2 Å². The molecule has 2 saturated heterocycles. The van der Waals surface area contributed by atoms with E-state index in [1.54, 1.807) is 0 Å². The molecule has 2 aliphatic heterocycles. The molecule has 0 radical (unpaired) electrons. The van der Waals surface area contributed by atoms with E-state index >= 15 is 0 Å². The molecule has 2 fully saturated rings. The lowest BCUT2D eigenvalue weighted by molar-refractivity contribution is -0.146. The molecule has 0 amide bonds. The molecule has 6 heteroatoms. The lowest BCUT2D eigenvalue weighted by Gasteiger charge is -2.41. The molecule has 3 heterocycles. The summed E-state index contributed by atoms with van der Waals surface area (Å²) in [5.74, 6) is 0.201. The van der Waals surface area contributed by atoms with Crippen LogP contribution in [0, 0.1) is 11.3 Å². The maximum atomic E-state index is 12.0. The molecular weight excluding hydrogens is 352 g/mol. The molecule has 4 rings (SSSR count). The molecule has 150 valence electrons. The van der Waals surface area contributed by atoms with Gasteiger partial charge in [-0.1, -0.05) is 30.3 Å². The second-order valence-corrected chi connectivity index (χ2v) is 8.31. The van der Waals surface area contributed by atoms with Gasteiger partial charge in [0.1, 0.15) is 5.82 Å². The van der Waals surface area contributed by atoms with Crippen molar-refractivity contribution in [1.82, 2.24) is 19.4 Å². The Bertz CT molecular complexity index is 796. The number of rotatable bonds is 6. The van der Waals surface area contributed by atoms with Crippen molar-refractivity contribution in [3.8, 4) is 0 Å². The summed E-state index contributed by atoms with van der Waals surface area (Å²) in [4.78, 5) is 21.3. The number of aromatic nitrogens is 2. The number of carboxylic acid groups (broad SMARTS) is 1. The Balaban J connectivity index is 1.41. The fourth-order valence-corrected chi connectivity index (χ4v) is 5.02. The van der Waals surface area contributed by atoms with Crippen LogP contribution in [-0.4, -0.2) is 56.6 Å². The minimum Gasteiger partial charge on any atom is -0.481 e. The molecule has 28 heavy (non-hydrogen) atoms. The van der Waals surface area contributed by atoms with Gasteiger partial charge in [-0.3, -0.25) is 14.6 Å². The van der Waals surface area contributed by atoms with Crippen LogP contribution >= 0.6 is 0 Å². The van der Waals surface area contributed by atoms with Crippen LogP contribution in [0.15, 0.2) is 42.7 Å². The molecule has 1 atom stereocenters. The van der Waals surface area contributed by atoms with E-state index in [0.29, 0.717) is 6.54 Å². The number of aliphatic carboxylic acids is 1. The highest BCUT2D eigenvalue weighted by Crippen LogP contribution is 2.45. The highest BCUT2D eigenvalue weighted by atomic mass is 16.4. The fraction of sp³-hybridized carbons (Fsp3) is 0.545. The van der Waals surface area contributed by atoms with Crippen molar-refractivity contribution in [2.45, 2.75) is 39.4 Å². The van der Waals surface area contributed by atoms with Gasteiger partial charge in [0.2, 0.25) is 0 Å². The van der Waals surface area contributed by atoms with Gasteiger partial charge in [0.25, 0.3) is 0 Å². The number of piperidine rings is 1. The molecule has 1 aromatic heterocycles. The molecule has 0 aliphatic carbocycles. The molecule has 2 aromatic rings. The number of likely N-dealkylation sites (tertiary alicyclic amines) is 2. The lowest BCUT2D eigenvalue weighted by Crippen LogP contribution is -2.46. The van der Waals surface area contributed by atoms with Gasteiger partial charge in [-0.05, 0) is 38.4 Å². The Kier molecular flexibility index (Phi) is 5.51. The summed E-state index contributed by atoms with van der Waals surface area (Å²) in [5.41, 5.74) is 1.16. The number of imidazole rings is 1. The largest absolute Gasteiger partial charge is 0.481 e. The van der Waals surface area contributed by atoms with E-state index in [0.717, 1.165) is 57.9 Å². The highest BCUT2D eigenvalue weighted by molar-refractivity contribution is 5.72. The van der Waals surface area contributed by atoms with Crippen LogP contribution in [0.4, 0.5) is 0 Å². The maximum absolute atomic E-state index is 12.0. The number of carboxylic acids is 1. The first-order chi connectivity index (χ1) is 13.6. The van der Waals surface area contributed by atoms with Crippen molar-refractivity contribution in [2.24, 2.45) is 11.3 Å². The molecule has 2 aliphatic rings. The Hall–Kier alpha value is -2.18. The molecular formula is C22H30N4O2. The standard InChI is InChI=1S/C22H30N4O2/c1-2-26-13-10-23-20(26)16-24-11-8-22(9-12-24)17-25(15-19(22)21(27)28)14-18-6-4-3-5-7-18/h3-7,10,13,19H,2,8-9,11-12,14-17H2,1H3,(H,27,28). The fourth-order valence-electron chi connectivity index (χ4n) is 5.02. The Morgan fingerprint density at radius 2 is 1.93 bits per heavy atom. The second-order valence-electron chi connectivity index (χ2n) is 8.31. The van der Waals surface area contributed by atoms with Gasteiger partial charge in [-0.2, -0.15) is 0 Å². The smallest absolute Gasteiger partial charge is 0.308 e. The van der Waals surface area contributed by atoms with Crippen LogP contribution in [0.5, 0.6) is 0 Å². The van der Waals surface area contributed by atoms with E-state index in [2.05, 4.69) is 50.5 Å². The van der Waals surface area contributed by atoms with Gasteiger partial charge in [0.05, 0.1) is 12.5 Å². The summed E-state index contributed by atoms with van der Waals surface area (Å²) in [7, 11) is 0. The normalized spacial score (nSPS) is 22.7. The van der Waals surface area contributed by atoms with Crippen molar-refractivity contribution in [3.05, 3.63) is 54.1 Å². The zero-order valence-corrected chi connectivity index (χ0v) is 16.6. The van der Waals surface area contributed by atoms with Gasteiger partial charge >= 0.3 is 5.97 Å². The van der Waals surface area contributed by atoms with Gasteiger partial charge < -0.3 is 9.67 Å². The summed E-state index contributed by atoms with van der Waals surface area (Å²) in [5, 5.41) is 9.90. The zero-order chi connectivity index (χ0) is 19.6. The Morgan fingerprint density at radius 3 is 2.61 bits per heavy atom. The molecule has 6 nitrogen and oxygen atoms in total. The van der Waals surface area contributed by atoms with Crippen molar-refractivity contribution in [1.29, 1.82) is 0 Å². The number of hydrogen-bond acceptors (Lipinski definition) is 4. The monoisotopic (exact) mass is 382 g/mol. The Morgan fingerprint density at radius 1 is 1.18 bits per heavy atom. The number of aryl methyl sites for hydroxylation is 1. The second kappa shape index (κ2) is 8.05. The molecule has 1 aromatic carbocycles. The SMILES string of the molecule is CCn1ccnc1CN1CCC2(CC1)CN(Cc1ccccc1)CC2C(=O)O. The molecule has 0 saturated carbocycles. The molecule has 1 spiro atoms. The predicted molar refractivity (Wildman–Crippen MR) is 108 cm³/mol.